The molecule has 1 N–H and O–H groups in total. The van der Waals surface area contributed by atoms with Gasteiger partial charge in [0.05, 0.1) is 6.61 Å². The summed E-state index contributed by atoms with van der Waals surface area (Å²) in [6, 6.07) is 26.9. The van der Waals surface area contributed by atoms with Gasteiger partial charge in [0, 0.05) is 18.7 Å². The zero-order valence-electron chi connectivity index (χ0n) is 18.4. The minimum Gasteiger partial charge on any atom is -0.493 e. The molecule has 0 spiro atoms. The molecule has 3 rings (SSSR count). The van der Waals surface area contributed by atoms with E-state index in [2.05, 4.69) is 74.6 Å². The summed E-state index contributed by atoms with van der Waals surface area (Å²) in [6.45, 7) is 8.80. The lowest BCUT2D eigenvalue weighted by atomic mass is 9.82. The number of anilines is 1. The minimum atomic E-state index is 0.206. The van der Waals surface area contributed by atoms with E-state index < -0.39 is 0 Å². The molecular formula is C27H33NO2. The number of hydrogen-bond donors (Lipinski definition) is 1. The SMILES string of the molecule is CCC(C)(C)c1ccc(OCCNc2ccc(OCCc3ccccc3)cc2)cc1. The molecule has 0 aliphatic carbocycles. The van der Waals surface area contributed by atoms with Gasteiger partial charge in [0.1, 0.15) is 18.1 Å². The fraction of sp³-hybridized carbons (Fsp3) is 0.333. The second-order valence-corrected chi connectivity index (χ2v) is 8.15. The van der Waals surface area contributed by atoms with E-state index in [0.29, 0.717) is 13.2 Å². The van der Waals surface area contributed by atoms with Crippen molar-refractivity contribution in [2.75, 3.05) is 25.1 Å². The molecule has 0 fully saturated rings. The van der Waals surface area contributed by atoms with Crippen LogP contribution in [0.3, 0.4) is 0 Å². The Morgan fingerprint density at radius 2 is 1.33 bits per heavy atom. The van der Waals surface area contributed by atoms with E-state index in [1.807, 2.05) is 30.3 Å². The van der Waals surface area contributed by atoms with Gasteiger partial charge in [-0.3, -0.25) is 0 Å². The van der Waals surface area contributed by atoms with E-state index in [0.717, 1.165) is 36.6 Å². The lowest BCUT2D eigenvalue weighted by Crippen LogP contribution is -2.15. The van der Waals surface area contributed by atoms with Crippen LogP contribution in [0.5, 0.6) is 11.5 Å². The van der Waals surface area contributed by atoms with Crippen LogP contribution in [-0.4, -0.2) is 19.8 Å². The summed E-state index contributed by atoms with van der Waals surface area (Å²) in [4.78, 5) is 0. The quantitative estimate of drug-likeness (QED) is 0.371. The van der Waals surface area contributed by atoms with Crippen molar-refractivity contribution in [1.82, 2.24) is 0 Å². The van der Waals surface area contributed by atoms with E-state index >= 15 is 0 Å². The summed E-state index contributed by atoms with van der Waals surface area (Å²) in [5, 5.41) is 3.39. The van der Waals surface area contributed by atoms with Crippen LogP contribution in [0.2, 0.25) is 0 Å². The van der Waals surface area contributed by atoms with Crippen LogP contribution in [0.1, 0.15) is 38.3 Å². The monoisotopic (exact) mass is 403 g/mol. The summed E-state index contributed by atoms with van der Waals surface area (Å²) in [6.07, 6.45) is 2.03. The molecule has 3 aromatic rings. The molecule has 0 atom stereocenters. The zero-order valence-corrected chi connectivity index (χ0v) is 18.4. The molecule has 0 unspecified atom stereocenters. The van der Waals surface area contributed by atoms with E-state index in [1.54, 1.807) is 0 Å². The van der Waals surface area contributed by atoms with Gasteiger partial charge >= 0.3 is 0 Å². The smallest absolute Gasteiger partial charge is 0.119 e. The van der Waals surface area contributed by atoms with Gasteiger partial charge in [-0.15, -0.1) is 0 Å². The molecule has 3 aromatic carbocycles. The van der Waals surface area contributed by atoms with Crippen LogP contribution >= 0.6 is 0 Å². The summed E-state index contributed by atoms with van der Waals surface area (Å²) < 4.78 is 11.7. The summed E-state index contributed by atoms with van der Waals surface area (Å²) in [5.74, 6) is 1.80. The standard InChI is InChI=1S/C27H33NO2/c1-4-27(2,3)23-10-14-25(15-11-23)30-21-19-28-24-12-16-26(17-13-24)29-20-18-22-8-6-5-7-9-22/h5-17,28H,4,18-21H2,1-3H3. The first-order valence-electron chi connectivity index (χ1n) is 10.8. The average molecular weight is 404 g/mol. The largest absolute Gasteiger partial charge is 0.493 e. The van der Waals surface area contributed by atoms with Crippen molar-refractivity contribution < 1.29 is 9.47 Å². The Balaban J connectivity index is 1.36. The van der Waals surface area contributed by atoms with E-state index in [1.165, 1.54) is 11.1 Å². The minimum absolute atomic E-state index is 0.206. The fourth-order valence-electron chi connectivity index (χ4n) is 3.17. The highest BCUT2D eigenvalue weighted by Crippen LogP contribution is 2.28. The lowest BCUT2D eigenvalue weighted by molar-refractivity contribution is 0.322. The third-order valence-corrected chi connectivity index (χ3v) is 5.58. The normalized spacial score (nSPS) is 11.2. The van der Waals surface area contributed by atoms with Gasteiger partial charge in [-0.05, 0) is 59.4 Å². The third-order valence-electron chi connectivity index (χ3n) is 5.58. The van der Waals surface area contributed by atoms with Crippen molar-refractivity contribution >= 4 is 5.69 Å². The van der Waals surface area contributed by atoms with Gasteiger partial charge in [-0.2, -0.15) is 0 Å². The van der Waals surface area contributed by atoms with Crippen molar-refractivity contribution in [2.45, 2.75) is 39.0 Å². The first-order chi connectivity index (χ1) is 14.6. The van der Waals surface area contributed by atoms with E-state index in [4.69, 9.17) is 9.47 Å². The van der Waals surface area contributed by atoms with Crippen LogP contribution in [-0.2, 0) is 11.8 Å². The van der Waals surface area contributed by atoms with Gasteiger partial charge < -0.3 is 14.8 Å². The first-order valence-corrected chi connectivity index (χ1v) is 10.8. The molecule has 0 amide bonds. The lowest BCUT2D eigenvalue weighted by Gasteiger charge is -2.23. The molecule has 0 saturated heterocycles. The fourth-order valence-corrected chi connectivity index (χ4v) is 3.17. The maximum absolute atomic E-state index is 5.86. The molecule has 0 aliphatic rings. The highest BCUT2D eigenvalue weighted by atomic mass is 16.5. The Morgan fingerprint density at radius 1 is 0.733 bits per heavy atom. The highest BCUT2D eigenvalue weighted by Gasteiger charge is 2.17. The molecule has 0 aliphatic heterocycles. The molecule has 30 heavy (non-hydrogen) atoms. The molecule has 3 nitrogen and oxygen atoms in total. The maximum atomic E-state index is 5.86. The molecule has 0 aromatic heterocycles. The Hall–Kier alpha value is -2.94. The van der Waals surface area contributed by atoms with E-state index in [-0.39, 0.29) is 5.41 Å². The van der Waals surface area contributed by atoms with Crippen LogP contribution < -0.4 is 14.8 Å². The second kappa shape index (κ2) is 10.7. The Bertz CT molecular complexity index is 871. The molecule has 0 radical (unpaired) electrons. The van der Waals surface area contributed by atoms with Crippen molar-refractivity contribution in [2.24, 2.45) is 0 Å². The summed E-state index contributed by atoms with van der Waals surface area (Å²) in [7, 11) is 0. The van der Waals surface area contributed by atoms with Gasteiger partial charge in [-0.25, -0.2) is 0 Å². The van der Waals surface area contributed by atoms with Crippen LogP contribution in [0.15, 0.2) is 78.9 Å². The predicted molar refractivity (Wildman–Crippen MR) is 126 cm³/mol. The molecule has 0 heterocycles. The molecule has 0 saturated carbocycles. The van der Waals surface area contributed by atoms with Crippen LogP contribution in [0.25, 0.3) is 0 Å². The Labute approximate surface area is 181 Å². The van der Waals surface area contributed by atoms with Gasteiger partial charge in [-0.1, -0.05) is 63.2 Å². The third kappa shape index (κ3) is 6.55. The molecule has 3 heteroatoms. The number of ether oxygens (including phenoxy) is 2. The average Bonchev–Trinajstić information content (AvgIpc) is 2.79. The van der Waals surface area contributed by atoms with Gasteiger partial charge in [0.15, 0.2) is 0 Å². The molecule has 158 valence electrons. The van der Waals surface area contributed by atoms with Gasteiger partial charge in [0.25, 0.3) is 0 Å². The van der Waals surface area contributed by atoms with Crippen molar-refractivity contribution in [3.05, 3.63) is 90.0 Å². The Kier molecular flexibility index (Phi) is 7.78. The number of hydrogen-bond acceptors (Lipinski definition) is 3. The second-order valence-electron chi connectivity index (χ2n) is 8.15. The summed E-state index contributed by atoms with van der Waals surface area (Å²) >= 11 is 0. The number of benzene rings is 3. The van der Waals surface area contributed by atoms with E-state index in [9.17, 15) is 0 Å². The highest BCUT2D eigenvalue weighted by molar-refractivity contribution is 5.46. The van der Waals surface area contributed by atoms with Crippen molar-refractivity contribution in [3.8, 4) is 11.5 Å². The van der Waals surface area contributed by atoms with Crippen LogP contribution in [0.4, 0.5) is 5.69 Å². The van der Waals surface area contributed by atoms with Crippen molar-refractivity contribution in [3.63, 3.8) is 0 Å². The Morgan fingerprint density at radius 3 is 1.97 bits per heavy atom. The van der Waals surface area contributed by atoms with Crippen molar-refractivity contribution in [1.29, 1.82) is 0 Å². The number of nitrogens with one attached hydrogen (secondary N) is 1. The number of rotatable bonds is 11. The van der Waals surface area contributed by atoms with Crippen LogP contribution in [0, 0.1) is 0 Å². The topological polar surface area (TPSA) is 30.5 Å². The summed E-state index contributed by atoms with van der Waals surface area (Å²) in [5.41, 5.74) is 3.91. The zero-order chi connectivity index (χ0) is 21.2. The van der Waals surface area contributed by atoms with Gasteiger partial charge in [0.2, 0.25) is 0 Å². The maximum Gasteiger partial charge on any atom is 0.119 e. The molecular weight excluding hydrogens is 370 g/mol. The first kappa shape index (κ1) is 21.8. The molecule has 0 bridgehead atoms. The predicted octanol–water partition coefficient (Wildman–Crippen LogP) is 6.49.